The Balaban J connectivity index is 1.32. The topological polar surface area (TPSA) is 79.0 Å². The Morgan fingerprint density at radius 1 is 1.12 bits per heavy atom. The van der Waals surface area contributed by atoms with E-state index in [0.717, 1.165) is 25.7 Å². The van der Waals surface area contributed by atoms with E-state index in [0.29, 0.717) is 43.1 Å². The molecule has 5 rings (SSSR count). The molecule has 0 aromatic heterocycles. The maximum absolute atomic E-state index is 13.1. The third-order valence-electron chi connectivity index (χ3n) is 6.66. The first kappa shape index (κ1) is 22.8. The highest BCUT2D eigenvalue weighted by Crippen LogP contribution is 2.41. The Hall–Kier alpha value is -1.97. The van der Waals surface area contributed by atoms with Crippen molar-refractivity contribution >= 4 is 33.2 Å². The van der Waals surface area contributed by atoms with Crippen molar-refractivity contribution in [2.24, 2.45) is 0 Å². The van der Waals surface area contributed by atoms with Crippen LogP contribution in [0.3, 0.4) is 0 Å². The van der Waals surface area contributed by atoms with E-state index in [-0.39, 0.29) is 23.4 Å². The van der Waals surface area contributed by atoms with E-state index >= 15 is 0 Å². The number of sulfonamides is 1. The summed E-state index contributed by atoms with van der Waals surface area (Å²) in [6, 6.07) is 13.6. The summed E-state index contributed by atoms with van der Waals surface area (Å²) in [4.78, 5) is 15.5. The van der Waals surface area contributed by atoms with Crippen molar-refractivity contribution in [1.29, 1.82) is 0 Å². The highest BCUT2D eigenvalue weighted by atomic mass is 35.5. The van der Waals surface area contributed by atoms with E-state index in [1.165, 1.54) is 33.6 Å². The number of nitrogens with one attached hydrogen (secondary N) is 1. The van der Waals surface area contributed by atoms with Gasteiger partial charge in [0.25, 0.3) is 0 Å². The fourth-order valence-corrected chi connectivity index (χ4v) is 6.43. The van der Waals surface area contributed by atoms with Gasteiger partial charge in [0, 0.05) is 25.2 Å². The summed E-state index contributed by atoms with van der Waals surface area (Å²) >= 11 is 6.32. The molecule has 1 N–H and O–H groups in total. The molecule has 1 heterocycles. The number of hydrogen-bond donors (Lipinski definition) is 1. The van der Waals surface area contributed by atoms with E-state index in [1.54, 1.807) is 0 Å². The van der Waals surface area contributed by atoms with Gasteiger partial charge in [0.2, 0.25) is 15.9 Å². The molecule has 1 saturated carbocycles. The quantitative estimate of drug-likeness (QED) is 0.644. The number of morpholine rings is 1. The van der Waals surface area contributed by atoms with Gasteiger partial charge in [0.05, 0.1) is 35.4 Å². The van der Waals surface area contributed by atoms with Gasteiger partial charge in [-0.3, -0.25) is 9.69 Å². The number of amides is 1. The molecule has 0 bridgehead atoms. The summed E-state index contributed by atoms with van der Waals surface area (Å²) in [5.74, 6) is -0.186. The van der Waals surface area contributed by atoms with Gasteiger partial charge in [-0.25, -0.2) is 8.42 Å². The molecule has 9 heteroatoms. The van der Waals surface area contributed by atoms with Crippen molar-refractivity contribution in [3.63, 3.8) is 0 Å². The molecule has 176 valence electrons. The summed E-state index contributed by atoms with van der Waals surface area (Å²) in [5.41, 5.74) is 2.99. The second-order valence-corrected chi connectivity index (χ2v) is 11.2. The number of nitrogens with zero attached hydrogens (tertiary/aromatic N) is 2. The number of carbonyl (C=O) groups is 1. The van der Waals surface area contributed by atoms with Crippen molar-refractivity contribution < 1.29 is 17.9 Å². The lowest BCUT2D eigenvalue weighted by Gasteiger charge is -2.29. The molecule has 2 aromatic carbocycles. The minimum absolute atomic E-state index is 0.118. The summed E-state index contributed by atoms with van der Waals surface area (Å²) in [5, 5.41) is 3.18. The van der Waals surface area contributed by atoms with Crippen LogP contribution in [0.4, 0.5) is 5.69 Å². The lowest BCUT2D eigenvalue weighted by atomic mass is 10.1. The van der Waals surface area contributed by atoms with Gasteiger partial charge in [0.1, 0.15) is 0 Å². The second kappa shape index (κ2) is 9.35. The Bertz CT molecular complexity index is 1150. The molecule has 7 nitrogen and oxygen atoms in total. The zero-order valence-corrected chi connectivity index (χ0v) is 19.9. The third-order valence-corrected chi connectivity index (χ3v) is 8.89. The average molecular weight is 490 g/mol. The molecule has 1 aliphatic heterocycles. The first-order chi connectivity index (χ1) is 15.9. The van der Waals surface area contributed by atoms with Crippen LogP contribution in [0.25, 0.3) is 0 Å². The van der Waals surface area contributed by atoms with Crippen LogP contribution in [0.1, 0.15) is 36.4 Å². The van der Waals surface area contributed by atoms with E-state index in [1.807, 2.05) is 0 Å². The van der Waals surface area contributed by atoms with Crippen molar-refractivity contribution in [3.8, 4) is 0 Å². The fourth-order valence-electron chi connectivity index (χ4n) is 4.83. The molecule has 1 saturated heterocycles. The van der Waals surface area contributed by atoms with E-state index < -0.39 is 10.0 Å². The molecule has 0 radical (unpaired) electrons. The van der Waals surface area contributed by atoms with E-state index in [9.17, 15) is 13.2 Å². The number of hydrogen-bond acceptors (Lipinski definition) is 5. The standard InChI is InChI=1S/C24H28ClN3O4S/c25-21-9-8-19(33(30,31)27-11-13-32-14-12-27)15-22(21)26-24(29)16-28(18-6-7-18)23-10-5-17-3-1-2-4-20(17)23/h1-4,8-9,15,18,23H,5-7,10-14,16H2,(H,26,29). The van der Waals surface area contributed by atoms with Crippen molar-refractivity contribution in [2.45, 2.75) is 42.7 Å². The second-order valence-electron chi connectivity index (χ2n) is 8.86. The van der Waals surface area contributed by atoms with Crippen LogP contribution in [-0.4, -0.2) is 62.4 Å². The number of anilines is 1. The molecule has 2 aliphatic carbocycles. The molecule has 1 amide bonds. The monoisotopic (exact) mass is 489 g/mol. The Labute approximate surface area is 199 Å². The normalized spacial score (nSPS) is 21.2. The van der Waals surface area contributed by atoms with Crippen LogP contribution in [0.15, 0.2) is 47.4 Å². The summed E-state index contributed by atoms with van der Waals surface area (Å²) in [7, 11) is -3.68. The molecular formula is C24H28ClN3O4S. The zero-order valence-electron chi connectivity index (χ0n) is 18.4. The SMILES string of the molecule is O=C(CN(C1CC1)C1CCc2ccccc21)Nc1cc(S(=O)(=O)N2CCOCC2)ccc1Cl. The number of ether oxygens (including phenoxy) is 1. The van der Waals surface area contributed by atoms with Crippen LogP contribution >= 0.6 is 11.6 Å². The van der Waals surface area contributed by atoms with Crippen molar-refractivity contribution in [3.05, 3.63) is 58.6 Å². The highest BCUT2D eigenvalue weighted by molar-refractivity contribution is 7.89. The van der Waals surface area contributed by atoms with Crippen molar-refractivity contribution in [1.82, 2.24) is 9.21 Å². The van der Waals surface area contributed by atoms with E-state index in [4.69, 9.17) is 16.3 Å². The summed E-state index contributed by atoms with van der Waals surface area (Å²) in [6.07, 6.45) is 4.23. The number of carbonyl (C=O) groups excluding carboxylic acids is 1. The third kappa shape index (κ3) is 4.81. The Morgan fingerprint density at radius 2 is 1.88 bits per heavy atom. The molecular weight excluding hydrogens is 462 g/mol. The molecule has 0 spiro atoms. The molecule has 1 atom stereocenters. The van der Waals surface area contributed by atoms with Gasteiger partial charge in [0.15, 0.2) is 0 Å². The maximum Gasteiger partial charge on any atom is 0.243 e. The predicted molar refractivity (Wildman–Crippen MR) is 127 cm³/mol. The van der Waals surface area contributed by atoms with Gasteiger partial charge in [-0.2, -0.15) is 4.31 Å². The van der Waals surface area contributed by atoms with Gasteiger partial charge < -0.3 is 10.1 Å². The van der Waals surface area contributed by atoms with Gasteiger partial charge in [-0.05, 0) is 55.0 Å². The molecule has 1 unspecified atom stereocenters. The number of aryl methyl sites for hydroxylation is 1. The smallest absolute Gasteiger partial charge is 0.243 e. The lowest BCUT2D eigenvalue weighted by molar-refractivity contribution is -0.118. The number of rotatable bonds is 7. The fraction of sp³-hybridized carbons (Fsp3) is 0.458. The number of fused-ring (bicyclic) bond motifs is 1. The maximum atomic E-state index is 13.1. The molecule has 33 heavy (non-hydrogen) atoms. The Kier molecular flexibility index (Phi) is 6.46. The molecule has 3 aliphatic rings. The first-order valence-corrected chi connectivity index (χ1v) is 13.3. The first-order valence-electron chi connectivity index (χ1n) is 11.4. The minimum atomic E-state index is -3.68. The average Bonchev–Trinajstić information content (AvgIpc) is 3.58. The van der Waals surface area contributed by atoms with Crippen LogP contribution in [0.5, 0.6) is 0 Å². The zero-order chi connectivity index (χ0) is 23.0. The predicted octanol–water partition coefficient (Wildman–Crippen LogP) is 3.45. The van der Waals surface area contributed by atoms with Gasteiger partial charge >= 0.3 is 0 Å². The largest absolute Gasteiger partial charge is 0.379 e. The van der Waals surface area contributed by atoms with Crippen LogP contribution in [0.2, 0.25) is 5.02 Å². The van der Waals surface area contributed by atoms with Crippen LogP contribution in [0, 0.1) is 0 Å². The number of benzene rings is 2. The van der Waals surface area contributed by atoms with E-state index in [2.05, 4.69) is 34.5 Å². The minimum Gasteiger partial charge on any atom is -0.379 e. The lowest BCUT2D eigenvalue weighted by Crippen LogP contribution is -2.40. The molecule has 2 fully saturated rings. The Morgan fingerprint density at radius 3 is 2.64 bits per heavy atom. The summed E-state index contributed by atoms with van der Waals surface area (Å²) in [6.45, 7) is 1.62. The molecule has 2 aromatic rings. The van der Waals surface area contributed by atoms with Crippen molar-refractivity contribution in [2.75, 3.05) is 38.2 Å². The summed E-state index contributed by atoms with van der Waals surface area (Å²) < 4.78 is 32.7. The van der Waals surface area contributed by atoms with Gasteiger partial charge in [-0.15, -0.1) is 0 Å². The van der Waals surface area contributed by atoms with Crippen LogP contribution in [-0.2, 0) is 26.0 Å². The van der Waals surface area contributed by atoms with Crippen LogP contribution < -0.4 is 5.32 Å². The number of halogens is 1. The van der Waals surface area contributed by atoms with Gasteiger partial charge in [-0.1, -0.05) is 35.9 Å². The highest BCUT2D eigenvalue weighted by Gasteiger charge is 2.38.